The lowest BCUT2D eigenvalue weighted by molar-refractivity contribution is 0.662. The molecule has 1 N–H and O–H groups in total. The molecule has 2 aromatic heterocycles. The van der Waals surface area contributed by atoms with Gasteiger partial charge >= 0.3 is 0 Å². The fraction of sp³-hybridized carbons (Fsp3) is 0.0213. The number of aliphatic imine (C=N–C) groups is 2. The highest BCUT2D eigenvalue weighted by molar-refractivity contribution is 7.25. The largest absolute Gasteiger partial charge is 0.456 e. The molecule has 1 aliphatic rings. The molecule has 0 amide bonds. The van der Waals surface area contributed by atoms with Crippen molar-refractivity contribution in [3.8, 4) is 11.1 Å². The van der Waals surface area contributed by atoms with Crippen molar-refractivity contribution >= 4 is 86.7 Å². The summed E-state index contributed by atoms with van der Waals surface area (Å²) < 4.78 is 9.22. The van der Waals surface area contributed by atoms with E-state index in [1.807, 2.05) is 11.3 Å². The van der Waals surface area contributed by atoms with Gasteiger partial charge in [0.1, 0.15) is 23.2 Å². The number of hydrogen-bond donors (Lipinski definition) is 1. The third kappa shape index (κ3) is 4.74. The Morgan fingerprint density at radius 1 is 0.481 bits per heavy atom. The number of thiophene rings is 1. The monoisotopic (exact) mass is 683 g/mol. The quantitative estimate of drug-likeness (QED) is 0.201. The molecule has 0 bridgehead atoms. The fourth-order valence-electron chi connectivity index (χ4n) is 7.72. The SMILES string of the molecule is c1ccc2cc(C3=NC(c4cccc5oc6cc(-c7ccc8sc9ccccc9c8c7)ccc6c45)NC(c4ccc5ccccc5c4)=N3)ccc2c1. The molecule has 0 radical (unpaired) electrons. The highest BCUT2D eigenvalue weighted by atomic mass is 32.1. The Labute approximate surface area is 303 Å². The zero-order valence-corrected chi connectivity index (χ0v) is 28.7. The predicted octanol–water partition coefficient (Wildman–Crippen LogP) is 12.4. The first-order chi connectivity index (χ1) is 25.7. The molecule has 11 rings (SSSR count). The van der Waals surface area contributed by atoms with Gasteiger partial charge in [0.05, 0.1) is 0 Å². The summed E-state index contributed by atoms with van der Waals surface area (Å²) in [5, 5.41) is 13.1. The maximum atomic E-state index is 6.60. The molecule has 0 aliphatic carbocycles. The molecule has 0 fully saturated rings. The van der Waals surface area contributed by atoms with Gasteiger partial charge in [0.15, 0.2) is 5.84 Å². The first-order valence-electron chi connectivity index (χ1n) is 17.5. The van der Waals surface area contributed by atoms with Crippen molar-refractivity contribution in [2.45, 2.75) is 6.17 Å². The van der Waals surface area contributed by atoms with Gasteiger partial charge in [0.25, 0.3) is 0 Å². The van der Waals surface area contributed by atoms with E-state index in [4.69, 9.17) is 14.4 Å². The maximum absolute atomic E-state index is 6.60. The van der Waals surface area contributed by atoms with E-state index in [-0.39, 0.29) is 6.17 Å². The molecular weight excluding hydrogens is 655 g/mol. The smallest absolute Gasteiger partial charge is 0.159 e. The van der Waals surface area contributed by atoms with Gasteiger partial charge in [-0.25, -0.2) is 9.98 Å². The minimum atomic E-state index is -0.390. The van der Waals surface area contributed by atoms with Crippen LogP contribution in [0.1, 0.15) is 22.9 Å². The van der Waals surface area contributed by atoms with E-state index in [0.717, 1.165) is 55.4 Å². The van der Waals surface area contributed by atoms with Gasteiger partial charge in [-0.3, -0.25) is 0 Å². The first kappa shape index (κ1) is 29.2. The summed E-state index contributed by atoms with van der Waals surface area (Å²) in [7, 11) is 0. The number of nitrogens with one attached hydrogen (secondary N) is 1. The summed E-state index contributed by atoms with van der Waals surface area (Å²) >= 11 is 1.84. The van der Waals surface area contributed by atoms with Crippen LogP contribution in [-0.2, 0) is 0 Å². The van der Waals surface area contributed by atoms with Crippen molar-refractivity contribution < 1.29 is 4.42 Å². The molecule has 8 aromatic carbocycles. The van der Waals surface area contributed by atoms with Gasteiger partial charge in [-0.15, -0.1) is 11.3 Å². The molecule has 5 heteroatoms. The molecule has 10 aromatic rings. The van der Waals surface area contributed by atoms with Crippen molar-refractivity contribution in [1.29, 1.82) is 0 Å². The minimum Gasteiger partial charge on any atom is -0.456 e. The number of hydrogen-bond acceptors (Lipinski definition) is 5. The molecular formula is C47H29N3OS. The Morgan fingerprint density at radius 3 is 2.00 bits per heavy atom. The van der Waals surface area contributed by atoms with E-state index < -0.39 is 0 Å². The van der Waals surface area contributed by atoms with Crippen LogP contribution in [0, 0.1) is 0 Å². The van der Waals surface area contributed by atoms with E-state index in [0.29, 0.717) is 5.84 Å². The van der Waals surface area contributed by atoms with E-state index >= 15 is 0 Å². The summed E-state index contributed by atoms with van der Waals surface area (Å²) in [4.78, 5) is 10.5. The van der Waals surface area contributed by atoms with Crippen LogP contribution in [-0.4, -0.2) is 11.7 Å². The standard InChI is InChI=1S/C47H29N3OS/c1-3-10-30-24-34(18-16-28(30)8-1)45-48-46(35-19-17-29-9-2-4-11-31(29)25-35)50-47(49-45)38-13-7-14-40-44(38)37-22-20-33(27-41(37)51-40)32-21-23-43-39(26-32)36-12-5-6-15-42(36)52-43/h1-27,47H,(H,48,49,50). The molecule has 4 nitrogen and oxygen atoms in total. The van der Waals surface area contributed by atoms with Gasteiger partial charge in [-0.05, 0) is 81.2 Å². The Balaban J connectivity index is 1.04. The Kier molecular flexibility index (Phi) is 6.45. The predicted molar refractivity (Wildman–Crippen MR) is 219 cm³/mol. The number of amidine groups is 2. The molecule has 0 saturated heterocycles. The molecule has 3 heterocycles. The highest BCUT2D eigenvalue weighted by Gasteiger charge is 2.25. The van der Waals surface area contributed by atoms with E-state index in [2.05, 4.69) is 169 Å². The van der Waals surface area contributed by atoms with Gasteiger partial charge in [0, 0.05) is 47.6 Å². The summed E-state index contributed by atoms with van der Waals surface area (Å²) in [5.74, 6) is 1.48. The van der Waals surface area contributed by atoms with Crippen LogP contribution < -0.4 is 5.32 Å². The van der Waals surface area contributed by atoms with Crippen molar-refractivity contribution in [3.63, 3.8) is 0 Å². The van der Waals surface area contributed by atoms with Crippen LogP contribution in [0.25, 0.3) is 74.8 Å². The Morgan fingerprint density at radius 2 is 1.15 bits per heavy atom. The van der Waals surface area contributed by atoms with Gasteiger partial charge in [-0.2, -0.15) is 0 Å². The molecule has 244 valence electrons. The summed E-state index contributed by atoms with van der Waals surface area (Å²) in [5.41, 5.74) is 7.03. The van der Waals surface area contributed by atoms with Crippen LogP contribution in [0.4, 0.5) is 0 Å². The molecule has 52 heavy (non-hydrogen) atoms. The lowest BCUT2D eigenvalue weighted by Gasteiger charge is -2.24. The second-order valence-corrected chi connectivity index (χ2v) is 14.5. The maximum Gasteiger partial charge on any atom is 0.159 e. The summed E-state index contributed by atoms with van der Waals surface area (Å²) in [6.07, 6.45) is -0.390. The normalized spacial score (nSPS) is 14.7. The van der Waals surface area contributed by atoms with Crippen LogP contribution in [0.15, 0.2) is 178 Å². The van der Waals surface area contributed by atoms with Crippen molar-refractivity contribution in [1.82, 2.24) is 5.32 Å². The zero-order chi connectivity index (χ0) is 34.2. The summed E-state index contributed by atoms with van der Waals surface area (Å²) in [6.45, 7) is 0. The topological polar surface area (TPSA) is 49.9 Å². The van der Waals surface area contributed by atoms with Crippen LogP contribution in [0.3, 0.4) is 0 Å². The average molecular weight is 684 g/mol. The number of nitrogens with zero attached hydrogens (tertiary/aromatic N) is 2. The molecule has 0 spiro atoms. The lowest BCUT2D eigenvalue weighted by Crippen LogP contribution is -2.33. The number of rotatable bonds is 4. The van der Waals surface area contributed by atoms with Crippen LogP contribution in [0.5, 0.6) is 0 Å². The number of benzene rings is 8. The Hall–Kier alpha value is -6.56. The van der Waals surface area contributed by atoms with Crippen LogP contribution >= 0.6 is 11.3 Å². The van der Waals surface area contributed by atoms with Crippen LogP contribution in [0.2, 0.25) is 0 Å². The van der Waals surface area contributed by atoms with E-state index in [9.17, 15) is 0 Å². The number of furan rings is 1. The van der Waals surface area contributed by atoms with E-state index in [1.165, 1.54) is 41.9 Å². The Bertz CT molecular complexity index is 3130. The lowest BCUT2D eigenvalue weighted by atomic mass is 9.99. The second kappa shape index (κ2) is 11.5. The van der Waals surface area contributed by atoms with E-state index in [1.54, 1.807) is 0 Å². The number of fused-ring (bicyclic) bond motifs is 8. The van der Waals surface area contributed by atoms with Gasteiger partial charge < -0.3 is 9.73 Å². The summed E-state index contributed by atoms with van der Waals surface area (Å²) in [6, 6.07) is 58.1. The second-order valence-electron chi connectivity index (χ2n) is 13.4. The molecule has 1 unspecified atom stereocenters. The van der Waals surface area contributed by atoms with Gasteiger partial charge in [-0.1, -0.05) is 115 Å². The van der Waals surface area contributed by atoms with Crippen molar-refractivity contribution in [2.24, 2.45) is 9.98 Å². The first-order valence-corrected chi connectivity index (χ1v) is 18.3. The zero-order valence-electron chi connectivity index (χ0n) is 27.9. The molecule has 1 aliphatic heterocycles. The third-order valence-electron chi connectivity index (χ3n) is 10.3. The minimum absolute atomic E-state index is 0.390. The average Bonchev–Trinajstić information content (AvgIpc) is 3.78. The van der Waals surface area contributed by atoms with Crippen molar-refractivity contribution in [3.05, 3.63) is 180 Å². The molecule has 0 saturated carbocycles. The van der Waals surface area contributed by atoms with Crippen molar-refractivity contribution in [2.75, 3.05) is 0 Å². The highest BCUT2D eigenvalue weighted by Crippen LogP contribution is 2.40. The molecule has 1 atom stereocenters. The van der Waals surface area contributed by atoms with Gasteiger partial charge in [0.2, 0.25) is 0 Å². The fourth-order valence-corrected chi connectivity index (χ4v) is 8.80. The third-order valence-corrected chi connectivity index (χ3v) is 11.5.